The third-order valence-corrected chi connectivity index (χ3v) is 4.40. The van der Waals surface area contributed by atoms with Crippen LogP contribution < -0.4 is 5.32 Å². The highest BCUT2D eigenvalue weighted by molar-refractivity contribution is 5.89. The fourth-order valence-corrected chi connectivity index (χ4v) is 3.09. The Morgan fingerprint density at radius 2 is 1.87 bits per heavy atom. The number of nitrogens with one attached hydrogen (secondary N) is 1. The van der Waals surface area contributed by atoms with Gasteiger partial charge in [-0.3, -0.25) is 14.9 Å². The molecule has 2 fully saturated rings. The standard InChI is InChI=1S/C17H17F3N2O8/c1-16(2)29-12-11(21-15(24)17(18,19)20)10(28-14(12)30-16)7-27-13(23)8-3-5-9(6-4-8)22(25)26/h3-6,10-12,14H,7H2,1-2H3,(H,21,24)/t10-,11-,12-,14-/m1/s1. The lowest BCUT2D eigenvalue weighted by atomic mass is 10.1. The maximum atomic E-state index is 12.7. The highest BCUT2D eigenvalue weighted by Gasteiger charge is 2.57. The van der Waals surface area contributed by atoms with Crippen LogP contribution in [0.15, 0.2) is 24.3 Å². The number of hydrogen-bond acceptors (Lipinski definition) is 8. The summed E-state index contributed by atoms with van der Waals surface area (Å²) in [5.41, 5.74) is -0.242. The molecule has 164 valence electrons. The Kier molecular flexibility index (Phi) is 5.71. The van der Waals surface area contributed by atoms with E-state index in [-0.39, 0.29) is 11.3 Å². The molecule has 10 nitrogen and oxygen atoms in total. The molecule has 4 atom stereocenters. The number of nitro benzene ring substituents is 1. The van der Waals surface area contributed by atoms with Gasteiger partial charge in [-0.2, -0.15) is 13.2 Å². The zero-order chi connectivity index (χ0) is 22.3. The fraction of sp³-hybridized carbons (Fsp3) is 0.529. The molecule has 3 rings (SSSR count). The molecule has 0 spiro atoms. The molecule has 13 heteroatoms. The van der Waals surface area contributed by atoms with Gasteiger partial charge >= 0.3 is 18.1 Å². The number of carbonyl (C=O) groups excluding carboxylic acids is 2. The molecule has 0 aromatic heterocycles. The number of nitrogens with zero attached hydrogens (tertiary/aromatic N) is 1. The van der Waals surface area contributed by atoms with Gasteiger partial charge in [0.25, 0.3) is 5.69 Å². The second kappa shape index (κ2) is 7.81. The molecule has 30 heavy (non-hydrogen) atoms. The summed E-state index contributed by atoms with van der Waals surface area (Å²) in [7, 11) is 0. The molecule has 0 aliphatic carbocycles. The monoisotopic (exact) mass is 434 g/mol. The van der Waals surface area contributed by atoms with Crippen LogP contribution in [0.4, 0.5) is 18.9 Å². The summed E-state index contributed by atoms with van der Waals surface area (Å²) in [5, 5.41) is 12.5. The summed E-state index contributed by atoms with van der Waals surface area (Å²) in [6, 6.07) is 3.24. The molecule has 2 aliphatic rings. The summed E-state index contributed by atoms with van der Waals surface area (Å²) in [6.07, 6.45) is -8.42. The van der Waals surface area contributed by atoms with Gasteiger partial charge < -0.3 is 24.3 Å². The van der Waals surface area contributed by atoms with E-state index in [2.05, 4.69) is 0 Å². The molecule has 2 aliphatic heterocycles. The van der Waals surface area contributed by atoms with Crippen molar-refractivity contribution in [2.75, 3.05) is 6.61 Å². The van der Waals surface area contributed by atoms with Crippen molar-refractivity contribution in [1.82, 2.24) is 5.32 Å². The molecule has 1 aromatic carbocycles. The Bertz CT molecular complexity index is 842. The van der Waals surface area contributed by atoms with Crippen LogP contribution in [0.2, 0.25) is 0 Å². The van der Waals surface area contributed by atoms with E-state index in [0.29, 0.717) is 0 Å². The average molecular weight is 434 g/mol. The quantitative estimate of drug-likeness (QED) is 0.421. The Labute approximate surface area is 167 Å². The van der Waals surface area contributed by atoms with Crippen molar-refractivity contribution in [2.45, 2.75) is 50.4 Å². The average Bonchev–Trinajstić information content (AvgIpc) is 3.11. The van der Waals surface area contributed by atoms with Gasteiger partial charge in [-0.15, -0.1) is 0 Å². The van der Waals surface area contributed by atoms with Crippen LogP contribution in [0.3, 0.4) is 0 Å². The highest BCUT2D eigenvalue weighted by Crippen LogP contribution is 2.38. The molecule has 2 heterocycles. The fourth-order valence-electron chi connectivity index (χ4n) is 3.09. The number of halogens is 3. The number of ether oxygens (including phenoxy) is 4. The van der Waals surface area contributed by atoms with E-state index in [4.69, 9.17) is 18.9 Å². The number of nitro groups is 1. The Morgan fingerprint density at radius 3 is 2.43 bits per heavy atom. The third kappa shape index (κ3) is 4.68. The molecule has 0 bridgehead atoms. The first-order chi connectivity index (χ1) is 13.9. The summed E-state index contributed by atoms with van der Waals surface area (Å²) >= 11 is 0. The van der Waals surface area contributed by atoms with Crippen LogP contribution >= 0.6 is 0 Å². The van der Waals surface area contributed by atoms with Crippen molar-refractivity contribution in [3.8, 4) is 0 Å². The minimum absolute atomic E-state index is 0.0108. The van der Waals surface area contributed by atoms with E-state index in [1.54, 1.807) is 5.32 Å². The van der Waals surface area contributed by atoms with Crippen molar-refractivity contribution < 1.29 is 46.6 Å². The summed E-state index contributed by atoms with van der Waals surface area (Å²) in [5.74, 6) is -4.22. The Balaban J connectivity index is 1.68. The lowest BCUT2D eigenvalue weighted by Crippen LogP contribution is -2.53. The highest BCUT2D eigenvalue weighted by atomic mass is 19.4. The maximum absolute atomic E-state index is 12.7. The van der Waals surface area contributed by atoms with E-state index in [1.807, 2.05) is 0 Å². The van der Waals surface area contributed by atoms with E-state index < -0.39 is 59.9 Å². The summed E-state index contributed by atoms with van der Waals surface area (Å²) in [6.45, 7) is 2.54. The van der Waals surface area contributed by atoms with E-state index in [0.717, 1.165) is 12.1 Å². The number of hydrogen-bond donors (Lipinski definition) is 1. The van der Waals surface area contributed by atoms with Gasteiger partial charge in [0.1, 0.15) is 18.8 Å². The lowest BCUT2D eigenvalue weighted by Gasteiger charge is -2.26. The first kappa shape index (κ1) is 21.9. The first-order valence-corrected chi connectivity index (χ1v) is 8.68. The number of amides is 1. The molecule has 1 aromatic rings. The topological polar surface area (TPSA) is 126 Å². The van der Waals surface area contributed by atoms with Gasteiger partial charge in [-0.05, 0) is 26.0 Å². The van der Waals surface area contributed by atoms with Crippen molar-refractivity contribution in [1.29, 1.82) is 0 Å². The van der Waals surface area contributed by atoms with Gasteiger partial charge in [-0.25, -0.2) is 4.79 Å². The summed E-state index contributed by atoms with van der Waals surface area (Å²) in [4.78, 5) is 33.6. The smallest absolute Gasteiger partial charge is 0.459 e. The van der Waals surface area contributed by atoms with E-state index >= 15 is 0 Å². The third-order valence-electron chi connectivity index (χ3n) is 4.40. The van der Waals surface area contributed by atoms with Crippen molar-refractivity contribution in [3.63, 3.8) is 0 Å². The van der Waals surface area contributed by atoms with Crippen molar-refractivity contribution in [2.24, 2.45) is 0 Å². The van der Waals surface area contributed by atoms with Gasteiger partial charge in [0, 0.05) is 12.1 Å². The number of fused-ring (bicyclic) bond motifs is 1. The normalized spacial score (nSPS) is 27.4. The minimum atomic E-state index is -5.13. The van der Waals surface area contributed by atoms with Crippen LogP contribution in [0.5, 0.6) is 0 Å². The second-order valence-electron chi connectivity index (χ2n) is 7.04. The Morgan fingerprint density at radius 1 is 1.23 bits per heavy atom. The van der Waals surface area contributed by atoms with Gasteiger partial charge in [-0.1, -0.05) is 0 Å². The second-order valence-corrected chi connectivity index (χ2v) is 7.04. The van der Waals surface area contributed by atoms with Crippen LogP contribution in [-0.4, -0.2) is 59.9 Å². The lowest BCUT2D eigenvalue weighted by molar-refractivity contribution is -0.384. The Hall–Kier alpha value is -2.77. The van der Waals surface area contributed by atoms with Crippen LogP contribution in [0.1, 0.15) is 24.2 Å². The number of alkyl halides is 3. The molecule has 0 radical (unpaired) electrons. The number of rotatable bonds is 5. The molecular weight excluding hydrogens is 417 g/mol. The van der Waals surface area contributed by atoms with Gasteiger partial charge in [0.15, 0.2) is 12.1 Å². The van der Waals surface area contributed by atoms with Crippen LogP contribution in [0.25, 0.3) is 0 Å². The van der Waals surface area contributed by atoms with Crippen LogP contribution in [0, 0.1) is 10.1 Å². The number of esters is 1. The molecule has 1 N–H and O–H groups in total. The largest absolute Gasteiger partial charge is 0.471 e. The zero-order valence-electron chi connectivity index (χ0n) is 15.7. The van der Waals surface area contributed by atoms with Crippen molar-refractivity contribution in [3.05, 3.63) is 39.9 Å². The molecule has 2 saturated heterocycles. The SMILES string of the molecule is CC1(C)O[C@H]2O[C@H](COC(=O)c3ccc([N+](=O)[O-])cc3)[C@@H](NC(=O)C(F)(F)F)[C@H]2O1. The molecule has 0 unspecified atom stereocenters. The predicted molar refractivity (Wildman–Crippen MR) is 90.1 cm³/mol. The minimum Gasteiger partial charge on any atom is -0.459 e. The number of carbonyl (C=O) groups is 2. The van der Waals surface area contributed by atoms with Gasteiger partial charge in [0.05, 0.1) is 16.5 Å². The number of benzene rings is 1. The van der Waals surface area contributed by atoms with E-state index in [1.165, 1.54) is 26.0 Å². The summed E-state index contributed by atoms with van der Waals surface area (Å²) < 4.78 is 59.6. The van der Waals surface area contributed by atoms with Gasteiger partial charge in [0.2, 0.25) is 0 Å². The predicted octanol–water partition coefficient (Wildman–Crippen LogP) is 1.68. The van der Waals surface area contributed by atoms with E-state index in [9.17, 15) is 32.9 Å². The zero-order valence-corrected chi connectivity index (χ0v) is 15.7. The van der Waals surface area contributed by atoms with Crippen molar-refractivity contribution >= 4 is 17.6 Å². The van der Waals surface area contributed by atoms with Crippen LogP contribution in [-0.2, 0) is 23.7 Å². The molecular formula is C17H17F3N2O8. The first-order valence-electron chi connectivity index (χ1n) is 8.68. The maximum Gasteiger partial charge on any atom is 0.471 e. The molecule has 0 saturated carbocycles. The molecule has 1 amide bonds. The number of non-ortho nitro benzene ring substituents is 1.